The summed E-state index contributed by atoms with van der Waals surface area (Å²) in [5, 5.41) is 3.05. The highest BCUT2D eigenvalue weighted by Crippen LogP contribution is 2.39. The number of imidazole rings is 1. The number of likely N-dealkylation sites (tertiary alicyclic amines) is 1. The Morgan fingerprint density at radius 1 is 1.08 bits per heavy atom. The van der Waals surface area contributed by atoms with Gasteiger partial charge in [0, 0.05) is 50.3 Å². The van der Waals surface area contributed by atoms with Crippen LogP contribution in [0.2, 0.25) is 0 Å². The summed E-state index contributed by atoms with van der Waals surface area (Å²) in [6.45, 7) is 3.58. The first kappa shape index (κ1) is 27.4. The second kappa shape index (κ2) is 12.8. The van der Waals surface area contributed by atoms with Crippen LogP contribution in [0.5, 0.6) is 5.75 Å². The SMILES string of the molecule is CCCCCC1(c2ccccc2)CN(C(=O)[C@@H](Cc2ccc(OC)cc2)NC(=O)CCc2cncn2C)C1. The molecule has 3 aromatic rings. The minimum atomic E-state index is -0.619. The molecule has 7 nitrogen and oxygen atoms in total. The topological polar surface area (TPSA) is 76.5 Å². The molecule has 1 N–H and O–H groups in total. The van der Waals surface area contributed by atoms with E-state index in [-0.39, 0.29) is 17.2 Å². The summed E-state index contributed by atoms with van der Waals surface area (Å²) in [6.07, 6.45) is 9.38. The maximum atomic E-state index is 13.8. The zero-order valence-corrected chi connectivity index (χ0v) is 22.9. The fraction of sp³-hybridized carbons (Fsp3) is 0.452. The largest absolute Gasteiger partial charge is 0.497 e. The number of aryl methyl sites for hydroxylation is 2. The Kier molecular flexibility index (Phi) is 9.21. The molecule has 0 bridgehead atoms. The lowest BCUT2D eigenvalue weighted by Crippen LogP contribution is -2.64. The Balaban J connectivity index is 1.46. The minimum Gasteiger partial charge on any atom is -0.497 e. The molecule has 1 atom stereocenters. The van der Waals surface area contributed by atoms with E-state index in [1.165, 1.54) is 18.4 Å². The van der Waals surface area contributed by atoms with Gasteiger partial charge in [-0.05, 0) is 36.1 Å². The van der Waals surface area contributed by atoms with Gasteiger partial charge in [0.15, 0.2) is 0 Å². The quantitative estimate of drug-likeness (QED) is 0.341. The molecule has 1 aliphatic heterocycles. The van der Waals surface area contributed by atoms with Gasteiger partial charge < -0.3 is 19.5 Å². The van der Waals surface area contributed by atoms with Crippen LogP contribution < -0.4 is 10.1 Å². The molecular weight excluding hydrogens is 476 g/mol. The van der Waals surface area contributed by atoms with Gasteiger partial charge in [0.25, 0.3) is 0 Å². The number of rotatable bonds is 13. The number of hydrogen-bond acceptors (Lipinski definition) is 4. The minimum absolute atomic E-state index is 0.0136. The first-order chi connectivity index (χ1) is 18.4. The third kappa shape index (κ3) is 6.63. The van der Waals surface area contributed by atoms with Gasteiger partial charge in [0.1, 0.15) is 11.8 Å². The van der Waals surface area contributed by atoms with E-state index in [2.05, 4.69) is 41.5 Å². The second-order valence-electron chi connectivity index (χ2n) is 10.5. The van der Waals surface area contributed by atoms with Crippen LogP contribution in [0.25, 0.3) is 0 Å². The number of hydrogen-bond donors (Lipinski definition) is 1. The van der Waals surface area contributed by atoms with E-state index in [1.807, 2.05) is 46.8 Å². The van der Waals surface area contributed by atoms with Crippen molar-refractivity contribution in [2.24, 2.45) is 7.05 Å². The smallest absolute Gasteiger partial charge is 0.245 e. The van der Waals surface area contributed by atoms with Crippen LogP contribution in [0.15, 0.2) is 67.1 Å². The number of ether oxygens (including phenoxy) is 1. The predicted octanol–water partition coefficient (Wildman–Crippen LogP) is 4.45. The third-order valence-corrected chi connectivity index (χ3v) is 7.70. The van der Waals surface area contributed by atoms with Gasteiger partial charge in [-0.25, -0.2) is 4.98 Å². The molecule has 2 heterocycles. The van der Waals surface area contributed by atoms with Crippen molar-refractivity contribution in [2.75, 3.05) is 20.2 Å². The van der Waals surface area contributed by atoms with E-state index in [0.29, 0.717) is 32.4 Å². The summed E-state index contributed by atoms with van der Waals surface area (Å²) in [5.74, 6) is 0.618. The summed E-state index contributed by atoms with van der Waals surface area (Å²) in [7, 11) is 3.55. The molecule has 4 rings (SSSR count). The first-order valence-electron chi connectivity index (χ1n) is 13.7. The molecule has 1 fully saturated rings. The summed E-state index contributed by atoms with van der Waals surface area (Å²) < 4.78 is 7.19. The van der Waals surface area contributed by atoms with Gasteiger partial charge in [-0.1, -0.05) is 68.7 Å². The molecule has 0 radical (unpaired) electrons. The summed E-state index contributed by atoms with van der Waals surface area (Å²) >= 11 is 0. The van der Waals surface area contributed by atoms with Crippen LogP contribution >= 0.6 is 0 Å². The molecule has 1 aromatic heterocycles. The Morgan fingerprint density at radius 2 is 1.82 bits per heavy atom. The molecule has 1 saturated heterocycles. The standard InChI is InChI=1S/C31H40N4O3/c1-4-5-9-18-31(25-10-7-6-8-11-25)21-35(22-31)30(37)28(19-24-12-15-27(38-3)16-13-24)33-29(36)17-14-26-20-32-23-34(26)2/h6-8,10-13,15-16,20,23,28H,4-5,9,14,17-19,21-22H2,1-3H3,(H,33,36)/t28-/m1/s1. The summed E-state index contributed by atoms with van der Waals surface area (Å²) in [6, 6.07) is 17.6. The lowest BCUT2D eigenvalue weighted by molar-refractivity contribution is -0.143. The molecule has 2 amide bonds. The molecule has 0 unspecified atom stereocenters. The van der Waals surface area contributed by atoms with E-state index in [4.69, 9.17) is 4.74 Å². The average molecular weight is 517 g/mol. The normalized spacial score (nSPS) is 15.0. The Bertz CT molecular complexity index is 1180. The zero-order valence-electron chi connectivity index (χ0n) is 22.9. The number of methoxy groups -OCH3 is 1. The van der Waals surface area contributed by atoms with Gasteiger partial charge >= 0.3 is 0 Å². The van der Waals surface area contributed by atoms with Gasteiger partial charge in [-0.2, -0.15) is 0 Å². The van der Waals surface area contributed by atoms with Crippen LogP contribution in [0, 0.1) is 0 Å². The third-order valence-electron chi connectivity index (χ3n) is 7.70. The van der Waals surface area contributed by atoms with Crippen molar-refractivity contribution in [3.05, 3.63) is 83.9 Å². The average Bonchev–Trinajstić information content (AvgIpc) is 3.33. The first-order valence-corrected chi connectivity index (χ1v) is 13.7. The molecule has 0 aliphatic carbocycles. The molecule has 2 aromatic carbocycles. The van der Waals surface area contributed by atoms with E-state index < -0.39 is 6.04 Å². The molecule has 202 valence electrons. The molecule has 7 heteroatoms. The number of carbonyl (C=O) groups is 2. The molecule has 1 aliphatic rings. The van der Waals surface area contributed by atoms with Crippen LogP contribution in [0.1, 0.15) is 55.8 Å². The fourth-order valence-corrected chi connectivity index (χ4v) is 5.38. The number of carbonyl (C=O) groups excluding carboxylic acids is 2. The van der Waals surface area contributed by atoms with Crippen molar-refractivity contribution >= 4 is 11.8 Å². The fourth-order valence-electron chi connectivity index (χ4n) is 5.38. The van der Waals surface area contributed by atoms with Crippen LogP contribution in [0.3, 0.4) is 0 Å². The molecule has 38 heavy (non-hydrogen) atoms. The van der Waals surface area contributed by atoms with Crippen molar-refractivity contribution in [1.82, 2.24) is 19.8 Å². The van der Waals surface area contributed by atoms with Crippen LogP contribution in [-0.4, -0.2) is 52.5 Å². The van der Waals surface area contributed by atoms with Crippen molar-refractivity contribution in [1.29, 1.82) is 0 Å². The second-order valence-corrected chi connectivity index (χ2v) is 10.5. The van der Waals surface area contributed by atoms with E-state index in [0.717, 1.165) is 29.8 Å². The zero-order chi connectivity index (χ0) is 27.0. The van der Waals surface area contributed by atoms with Crippen molar-refractivity contribution < 1.29 is 14.3 Å². The van der Waals surface area contributed by atoms with Crippen LogP contribution in [-0.2, 0) is 34.9 Å². The lowest BCUT2D eigenvalue weighted by atomic mass is 9.70. The maximum Gasteiger partial charge on any atom is 0.245 e. The molecule has 0 saturated carbocycles. The van der Waals surface area contributed by atoms with Crippen molar-refractivity contribution in [3.8, 4) is 5.75 Å². The monoisotopic (exact) mass is 516 g/mol. The number of unbranched alkanes of at least 4 members (excludes halogenated alkanes) is 2. The molecular formula is C31H40N4O3. The number of amides is 2. The van der Waals surface area contributed by atoms with Crippen molar-refractivity contribution in [3.63, 3.8) is 0 Å². The highest BCUT2D eigenvalue weighted by Gasteiger charge is 2.47. The van der Waals surface area contributed by atoms with Gasteiger partial charge in [-0.3, -0.25) is 9.59 Å². The van der Waals surface area contributed by atoms with Gasteiger partial charge in [0.2, 0.25) is 11.8 Å². The predicted molar refractivity (Wildman–Crippen MR) is 149 cm³/mol. The van der Waals surface area contributed by atoms with Gasteiger partial charge in [-0.15, -0.1) is 0 Å². The summed E-state index contributed by atoms with van der Waals surface area (Å²) in [5.41, 5.74) is 3.25. The Hall–Kier alpha value is -3.61. The maximum absolute atomic E-state index is 13.8. The highest BCUT2D eigenvalue weighted by molar-refractivity contribution is 5.88. The van der Waals surface area contributed by atoms with Gasteiger partial charge in [0.05, 0.1) is 13.4 Å². The number of nitrogens with one attached hydrogen (secondary N) is 1. The Morgan fingerprint density at radius 3 is 2.45 bits per heavy atom. The van der Waals surface area contributed by atoms with Crippen molar-refractivity contribution in [2.45, 2.75) is 63.3 Å². The number of benzene rings is 2. The highest BCUT2D eigenvalue weighted by atomic mass is 16.5. The summed E-state index contributed by atoms with van der Waals surface area (Å²) in [4.78, 5) is 32.8. The van der Waals surface area contributed by atoms with E-state index in [1.54, 1.807) is 19.6 Å². The Labute approximate surface area is 226 Å². The lowest BCUT2D eigenvalue weighted by Gasteiger charge is -2.52. The number of nitrogens with zero attached hydrogens (tertiary/aromatic N) is 3. The van der Waals surface area contributed by atoms with Crippen LogP contribution in [0.4, 0.5) is 0 Å². The number of aromatic nitrogens is 2. The van der Waals surface area contributed by atoms with E-state index in [9.17, 15) is 9.59 Å². The van der Waals surface area contributed by atoms with E-state index >= 15 is 0 Å². The molecule has 0 spiro atoms.